The number of carbonyl (C=O) groups excluding carboxylic acids is 2. The molecule has 6 heteroatoms. The van der Waals surface area contributed by atoms with Gasteiger partial charge in [-0.05, 0) is 67.2 Å². The van der Waals surface area contributed by atoms with Crippen LogP contribution in [0.3, 0.4) is 0 Å². The van der Waals surface area contributed by atoms with E-state index in [0.717, 1.165) is 53.7 Å². The van der Waals surface area contributed by atoms with Gasteiger partial charge in [-0.15, -0.1) is 0 Å². The van der Waals surface area contributed by atoms with Crippen molar-refractivity contribution in [3.8, 4) is 0 Å². The van der Waals surface area contributed by atoms with Crippen molar-refractivity contribution in [3.63, 3.8) is 0 Å². The Morgan fingerprint density at radius 3 is 2.84 bits per heavy atom. The highest BCUT2D eigenvalue weighted by atomic mass is 35.5. The molecule has 0 bridgehead atoms. The number of likely N-dealkylation sites (tertiary alicyclic amines) is 1. The van der Waals surface area contributed by atoms with Crippen molar-refractivity contribution in [2.45, 2.75) is 31.7 Å². The van der Waals surface area contributed by atoms with Crippen LogP contribution >= 0.6 is 11.6 Å². The first-order valence-corrected chi connectivity index (χ1v) is 11.1. The van der Waals surface area contributed by atoms with Gasteiger partial charge < -0.3 is 15.1 Å². The van der Waals surface area contributed by atoms with Crippen LogP contribution in [-0.2, 0) is 16.8 Å². The fourth-order valence-corrected chi connectivity index (χ4v) is 4.98. The van der Waals surface area contributed by atoms with Crippen LogP contribution < -0.4 is 5.32 Å². The minimum atomic E-state index is -0.498. The van der Waals surface area contributed by atoms with Crippen LogP contribution in [0.5, 0.6) is 0 Å². The summed E-state index contributed by atoms with van der Waals surface area (Å²) in [6.45, 7) is 7.54. The molecule has 0 saturated carbocycles. The summed E-state index contributed by atoms with van der Waals surface area (Å²) in [5.41, 5.74) is 4.27. The molecular formula is C25H28ClN3O2. The summed E-state index contributed by atoms with van der Waals surface area (Å²) in [6, 6.07) is 11.9. The number of benzene rings is 2. The van der Waals surface area contributed by atoms with E-state index >= 15 is 0 Å². The lowest BCUT2D eigenvalue weighted by Gasteiger charge is -2.34. The Hall–Kier alpha value is -2.79. The summed E-state index contributed by atoms with van der Waals surface area (Å²) in [6.07, 6.45) is 3.95. The quantitative estimate of drug-likeness (QED) is 0.721. The Morgan fingerprint density at radius 1 is 1.26 bits per heavy atom. The molecule has 2 aliphatic rings. The van der Waals surface area contributed by atoms with E-state index in [9.17, 15) is 9.59 Å². The Balaban J connectivity index is 1.75. The minimum Gasteiger partial charge on any atom is -0.374 e. The molecule has 2 amide bonds. The lowest BCUT2D eigenvalue weighted by atomic mass is 9.85. The molecule has 1 fully saturated rings. The highest BCUT2D eigenvalue weighted by Gasteiger charge is 2.42. The number of hydrogen-bond acceptors (Lipinski definition) is 3. The molecule has 2 aromatic rings. The zero-order valence-electron chi connectivity index (χ0n) is 18.1. The zero-order valence-corrected chi connectivity index (χ0v) is 18.8. The van der Waals surface area contributed by atoms with Gasteiger partial charge in [0.15, 0.2) is 0 Å². The van der Waals surface area contributed by atoms with Gasteiger partial charge in [0, 0.05) is 43.0 Å². The second-order valence-corrected chi connectivity index (χ2v) is 8.94. The van der Waals surface area contributed by atoms with Crippen LogP contribution in [0.4, 0.5) is 5.69 Å². The number of fused-ring (bicyclic) bond motifs is 1. The number of nitrogens with one attached hydrogen (secondary N) is 1. The maximum atomic E-state index is 12.9. The summed E-state index contributed by atoms with van der Waals surface area (Å²) in [7, 11) is 1.85. The van der Waals surface area contributed by atoms with Gasteiger partial charge in [0.05, 0.1) is 5.54 Å². The third-order valence-corrected chi connectivity index (χ3v) is 6.96. The first kappa shape index (κ1) is 21.4. The smallest absolute Gasteiger partial charge is 0.253 e. The zero-order chi connectivity index (χ0) is 22.2. The standard InChI is InChI=1S/C25H28ClN3O2/c1-4-23(30)29-14-12-25(16-29,21-8-5-9-22(26)17(21)2)27-19-11-10-18-7-6-13-28(3)24(31)20(18)15-19/h4-5,8-11,15,27H,1,6-7,12-14,16H2,2-3H3. The van der Waals surface area contributed by atoms with Gasteiger partial charge in [-0.3, -0.25) is 9.59 Å². The van der Waals surface area contributed by atoms with Crippen molar-refractivity contribution >= 4 is 29.1 Å². The van der Waals surface area contributed by atoms with Crippen molar-refractivity contribution in [1.82, 2.24) is 9.80 Å². The van der Waals surface area contributed by atoms with E-state index in [1.165, 1.54) is 6.08 Å². The second-order valence-electron chi connectivity index (χ2n) is 8.54. The summed E-state index contributed by atoms with van der Waals surface area (Å²) in [5.74, 6) is -0.0268. The molecule has 0 aromatic heterocycles. The van der Waals surface area contributed by atoms with E-state index in [0.29, 0.717) is 18.1 Å². The second kappa shape index (κ2) is 8.39. The fourth-order valence-electron chi connectivity index (χ4n) is 4.80. The third-order valence-electron chi connectivity index (χ3n) is 6.55. The van der Waals surface area contributed by atoms with Gasteiger partial charge in [0.1, 0.15) is 0 Å². The van der Waals surface area contributed by atoms with Gasteiger partial charge in [-0.1, -0.05) is 36.4 Å². The van der Waals surface area contributed by atoms with Gasteiger partial charge in [0.2, 0.25) is 5.91 Å². The molecule has 2 aliphatic heterocycles. The molecule has 1 atom stereocenters. The van der Waals surface area contributed by atoms with E-state index in [-0.39, 0.29) is 11.8 Å². The predicted octanol–water partition coefficient (Wildman–Crippen LogP) is 4.39. The Labute approximate surface area is 188 Å². The number of aryl methyl sites for hydroxylation is 1. The van der Waals surface area contributed by atoms with E-state index in [1.807, 2.05) is 43.1 Å². The van der Waals surface area contributed by atoms with Crippen LogP contribution in [-0.4, -0.2) is 48.3 Å². The molecule has 0 aliphatic carbocycles. The highest BCUT2D eigenvalue weighted by molar-refractivity contribution is 6.31. The number of halogens is 1. The third kappa shape index (κ3) is 3.94. The van der Waals surface area contributed by atoms with Crippen molar-refractivity contribution in [1.29, 1.82) is 0 Å². The molecule has 0 radical (unpaired) electrons. The first-order valence-electron chi connectivity index (χ1n) is 10.7. The van der Waals surface area contributed by atoms with Crippen LogP contribution in [0.2, 0.25) is 5.02 Å². The fraction of sp³-hybridized carbons (Fsp3) is 0.360. The average molecular weight is 438 g/mol. The van der Waals surface area contributed by atoms with Crippen molar-refractivity contribution in [2.75, 3.05) is 32.0 Å². The minimum absolute atomic E-state index is 0.0546. The van der Waals surface area contributed by atoms with Gasteiger partial charge >= 0.3 is 0 Å². The normalized spacial score (nSPS) is 20.9. The molecule has 162 valence electrons. The van der Waals surface area contributed by atoms with E-state index in [2.05, 4.69) is 24.0 Å². The van der Waals surface area contributed by atoms with Gasteiger partial charge in [-0.25, -0.2) is 0 Å². The van der Waals surface area contributed by atoms with Crippen molar-refractivity contribution < 1.29 is 9.59 Å². The van der Waals surface area contributed by atoms with Crippen LogP contribution in [0.25, 0.3) is 0 Å². The molecule has 0 spiro atoms. The monoisotopic (exact) mass is 437 g/mol. The molecular weight excluding hydrogens is 410 g/mol. The summed E-state index contributed by atoms with van der Waals surface area (Å²) in [4.78, 5) is 28.8. The number of hydrogen-bond donors (Lipinski definition) is 1. The van der Waals surface area contributed by atoms with Gasteiger partial charge in [0.25, 0.3) is 5.91 Å². The maximum absolute atomic E-state index is 12.9. The summed E-state index contributed by atoms with van der Waals surface area (Å²) >= 11 is 6.46. The molecule has 2 heterocycles. The Bertz CT molecular complexity index is 1050. The lowest BCUT2D eigenvalue weighted by molar-refractivity contribution is -0.125. The number of nitrogens with zero attached hydrogens (tertiary/aromatic N) is 2. The van der Waals surface area contributed by atoms with Crippen molar-refractivity contribution in [2.24, 2.45) is 0 Å². The predicted molar refractivity (Wildman–Crippen MR) is 125 cm³/mol. The molecule has 1 unspecified atom stereocenters. The number of amides is 2. The SMILES string of the molecule is C=CC(=O)N1CCC(Nc2ccc3c(c2)C(=O)N(C)CCC3)(c2cccc(Cl)c2C)C1. The number of anilines is 1. The molecule has 2 aromatic carbocycles. The largest absolute Gasteiger partial charge is 0.374 e. The van der Waals surface area contributed by atoms with E-state index in [4.69, 9.17) is 11.6 Å². The first-order chi connectivity index (χ1) is 14.8. The molecule has 4 rings (SSSR count). The summed E-state index contributed by atoms with van der Waals surface area (Å²) < 4.78 is 0. The van der Waals surface area contributed by atoms with E-state index in [1.54, 1.807) is 4.90 Å². The Kier molecular flexibility index (Phi) is 5.80. The van der Waals surface area contributed by atoms with Crippen LogP contribution in [0, 0.1) is 6.92 Å². The lowest BCUT2D eigenvalue weighted by Crippen LogP contribution is -2.40. The van der Waals surface area contributed by atoms with Crippen LogP contribution in [0.1, 0.15) is 39.9 Å². The molecule has 31 heavy (non-hydrogen) atoms. The number of rotatable bonds is 4. The van der Waals surface area contributed by atoms with E-state index < -0.39 is 5.54 Å². The topological polar surface area (TPSA) is 52.7 Å². The maximum Gasteiger partial charge on any atom is 0.253 e. The molecule has 1 saturated heterocycles. The molecule has 5 nitrogen and oxygen atoms in total. The van der Waals surface area contributed by atoms with Gasteiger partial charge in [-0.2, -0.15) is 0 Å². The summed E-state index contributed by atoms with van der Waals surface area (Å²) in [5, 5.41) is 4.40. The highest BCUT2D eigenvalue weighted by Crippen LogP contribution is 2.39. The van der Waals surface area contributed by atoms with Crippen molar-refractivity contribution in [3.05, 3.63) is 76.3 Å². The average Bonchev–Trinajstić information content (AvgIpc) is 3.14. The van der Waals surface area contributed by atoms with Crippen LogP contribution in [0.15, 0.2) is 49.1 Å². The molecule has 1 N–H and O–H groups in total. The number of carbonyl (C=O) groups is 2. The Morgan fingerprint density at radius 2 is 2.06 bits per heavy atom.